The summed E-state index contributed by atoms with van der Waals surface area (Å²) >= 11 is 0. The molecule has 0 aromatic heterocycles. The number of methoxy groups -OCH3 is 1. The number of nitrogens with zero attached hydrogens (tertiary/aromatic N) is 1. The lowest BCUT2D eigenvalue weighted by Crippen LogP contribution is -2.59. The Morgan fingerprint density at radius 1 is 1.21 bits per heavy atom. The van der Waals surface area contributed by atoms with Gasteiger partial charge in [0.15, 0.2) is 0 Å². The lowest BCUT2D eigenvalue weighted by atomic mass is 9.86. The number of hydrogen-bond donors (Lipinski definition) is 1. The second-order valence-electron chi connectivity index (χ2n) is 6.61. The number of nitrogens with two attached hydrogens (primary N) is 1. The first-order valence-electron chi connectivity index (χ1n) is 8.42. The van der Waals surface area contributed by atoms with E-state index in [0.717, 1.165) is 31.7 Å². The largest absolute Gasteiger partial charge is 0.497 e. The van der Waals surface area contributed by atoms with E-state index in [1.807, 2.05) is 17.0 Å². The summed E-state index contributed by atoms with van der Waals surface area (Å²) < 4.78 is 10.5. The van der Waals surface area contributed by atoms with Gasteiger partial charge in [-0.3, -0.25) is 4.79 Å². The lowest BCUT2D eigenvalue weighted by Gasteiger charge is -2.40. The van der Waals surface area contributed by atoms with Crippen molar-refractivity contribution in [1.29, 1.82) is 0 Å². The molecule has 2 heterocycles. The van der Waals surface area contributed by atoms with E-state index < -0.39 is 5.54 Å². The molecule has 2 aliphatic rings. The molecule has 0 radical (unpaired) electrons. The van der Waals surface area contributed by atoms with Crippen LogP contribution in [0.25, 0.3) is 0 Å². The summed E-state index contributed by atoms with van der Waals surface area (Å²) in [4.78, 5) is 14.7. The van der Waals surface area contributed by atoms with Crippen LogP contribution in [-0.4, -0.2) is 49.8 Å². The zero-order valence-electron chi connectivity index (χ0n) is 14.2. The Bertz CT molecular complexity index is 536. The van der Waals surface area contributed by atoms with Crippen molar-refractivity contribution in [3.63, 3.8) is 0 Å². The first-order chi connectivity index (χ1) is 11.1. The van der Waals surface area contributed by atoms with Crippen LogP contribution in [0, 0.1) is 0 Å². The van der Waals surface area contributed by atoms with E-state index in [2.05, 4.69) is 12.1 Å². The van der Waals surface area contributed by atoms with Gasteiger partial charge in [-0.2, -0.15) is 0 Å². The Kier molecular flexibility index (Phi) is 6.49. The number of carbonyl (C=O) groups excluding carboxylic acids is 1. The molecular weight excluding hydrogens is 328 g/mol. The minimum absolute atomic E-state index is 0. The number of carbonyl (C=O) groups is 1. The van der Waals surface area contributed by atoms with E-state index in [1.54, 1.807) is 7.11 Å². The molecule has 2 fully saturated rings. The molecule has 0 spiro atoms. The van der Waals surface area contributed by atoms with Crippen molar-refractivity contribution in [2.24, 2.45) is 5.73 Å². The average molecular weight is 355 g/mol. The van der Waals surface area contributed by atoms with Gasteiger partial charge in [-0.15, -0.1) is 12.4 Å². The molecular formula is C18H27ClN2O3. The topological polar surface area (TPSA) is 64.8 Å². The number of halogens is 1. The SMILES string of the molecule is COc1ccc(C2CCN(C(=O)C3(N)CCOCC3)CC2)cc1.Cl. The Balaban J connectivity index is 0.00000208. The molecule has 0 atom stereocenters. The van der Waals surface area contributed by atoms with Crippen molar-refractivity contribution < 1.29 is 14.3 Å². The molecule has 1 amide bonds. The van der Waals surface area contributed by atoms with E-state index >= 15 is 0 Å². The van der Waals surface area contributed by atoms with Crippen LogP contribution in [-0.2, 0) is 9.53 Å². The Morgan fingerprint density at radius 3 is 2.33 bits per heavy atom. The molecule has 2 saturated heterocycles. The number of rotatable bonds is 3. The molecule has 1 aromatic rings. The maximum Gasteiger partial charge on any atom is 0.242 e. The highest BCUT2D eigenvalue weighted by molar-refractivity contribution is 5.86. The minimum Gasteiger partial charge on any atom is -0.497 e. The first kappa shape index (κ1) is 19.0. The highest BCUT2D eigenvalue weighted by Crippen LogP contribution is 2.31. The quantitative estimate of drug-likeness (QED) is 0.904. The normalized spacial score (nSPS) is 21.0. The van der Waals surface area contributed by atoms with Crippen molar-refractivity contribution in [1.82, 2.24) is 4.90 Å². The smallest absolute Gasteiger partial charge is 0.242 e. The van der Waals surface area contributed by atoms with E-state index in [4.69, 9.17) is 15.2 Å². The molecule has 5 nitrogen and oxygen atoms in total. The Morgan fingerprint density at radius 2 is 1.79 bits per heavy atom. The second-order valence-corrected chi connectivity index (χ2v) is 6.61. The van der Waals surface area contributed by atoms with Crippen LogP contribution in [0.15, 0.2) is 24.3 Å². The lowest BCUT2D eigenvalue weighted by molar-refractivity contribution is -0.141. The third kappa shape index (κ3) is 4.02. The summed E-state index contributed by atoms with van der Waals surface area (Å²) in [5, 5.41) is 0. The van der Waals surface area contributed by atoms with Crippen LogP contribution in [0.1, 0.15) is 37.2 Å². The minimum atomic E-state index is -0.717. The number of likely N-dealkylation sites (tertiary alicyclic amines) is 1. The molecule has 134 valence electrons. The van der Waals surface area contributed by atoms with Crippen molar-refractivity contribution in [2.45, 2.75) is 37.1 Å². The van der Waals surface area contributed by atoms with Crippen LogP contribution < -0.4 is 10.5 Å². The number of amides is 1. The highest BCUT2D eigenvalue weighted by Gasteiger charge is 2.39. The second kappa shape index (κ2) is 8.19. The number of ether oxygens (including phenoxy) is 2. The summed E-state index contributed by atoms with van der Waals surface area (Å²) in [7, 11) is 1.68. The predicted molar refractivity (Wildman–Crippen MR) is 95.8 cm³/mol. The molecule has 0 unspecified atom stereocenters. The van der Waals surface area contributed by atoms with Gasteiger partial charge in [0.05, 0.1) is 12.6 Å². The number of hydrogen-bond acceptors (Lipinski definition) is 4. The molecule has 3 rings (SSSR count). The van der Waals surface area contributed by atoms with Crippen LogP contribution in [0.5, 0.6) is 5.75 Å². The van der Waals surface area contributed by atoms with Crippen molar-refractivity contribution in [2.75, 3.05) is 33.4 Å². The van der Waals surface area contributed by atoms with Gasteiger partial charge < -0.3 is 20.1 Å². The van der Waals surface area contributed by atoms with Gasteiger partial charge in [0.2, 0.25) is 5.91 Å². The van der Waals surface area contributed by atoms with E-state index in [1.165, 1.54) is 5.56 Å². The maximum atomic E-state index is 12.7. The molecule has 0 saturated carbocycles. The summed E-state index contributed by atoms with van der Waals surface area (Å²) in [6, 6.07) is 8.27. The molecule has 2 N–H and O–H groups in total. The predicted octanol–water partition coefficient (Wildman–Crippen LogP) is 2.33. The van der Waals surface area contributed by atoms with Crippen molar-refractivity contribution >= 4 is 18.3 Å². The van der Waals surface area contributed by atoms with Crippen molar-refractivity contribution in [3.05, 3.63) is 29.8 Å². The summed E-state index contributed by atoms with van der Waals surface area (Å²) in [5.41, 5.74) is 6.93. The van der Waals surface area contributed by atoms with E-state index in [9.17, 15) is 4.79 Å². The molecule has 0 aliphatic carbocycles. The average Bonchev–Trinajstić information content (AvgIpc) is 2.62. The standard InChI is InChI=1S/C18H26N2O3.ClH/c1-22-16-4-2-14(3-5-16)15-6-10-20(11-7-15)17(21)18(19)8-12-23-13-9-18;/h2-5,15H,6-13,19H2,1H3;1H. The fourth-order valence-electron chi connectivity index (χ4n) is 3.56. The van der Waals surface area contributed by atoms with Crippen LogP contribution in [0.2, 0.25) is 0 Å². The van der Waals surface area contributed by atoms with Gasteiger partial charge in [0, 0.05) is 26.3 Å². The number of piperidine rings is 1. The third-order valence-corrected chi connectivity index (χ3v) is 5.18. The fraction of sp³-hybridized carbons (Fsp3) is 0.611. The molecule has 24 heavy (non-hydrogen) atoms. The number of benzene rings is 1. The van der Waals surface area contributed by atoms with Gasteiger partial charge >= 0.3 is 0 Å². The molecule has 0 bridgehead atoms. The summed E-state index contributed by atoms with van der Waals surface area (Å²) in [6.45, 7) is 2.75. The van der Waals surface area contributed by atoms with Gasteiger partial charge in [-0.1, -0.05) is 12.1 Å². The summed E-state index contributed by atoms with van der Waals surface area (Å²) in [6.07, 6.45) is 3.24. The van der Waals surface area contributed by atoms with Gasteiger partial charge in [-0.25, -0.2) is 0 Å². The van der Waals surface area contributed by atoms with Crippen molar-refractivity contribution in [3.8, 4) is 5.75 Å². The molecule has 1 aromatic carbocycles. The Labute approximate surface area is 149 Å². The maximum absolute atomic E-state index is 12.7. The van der Waals surface area contributed by atoms with Gasteiger partial charge in [-0.05, 0) is 49.3 Å². The zero-order chi connectivity index (χ0) is 16.3. The molecule has 2 aliphatic heterocycles. The van der Waals surface area contributed by atoms with Crippen LogP contribution in [0.4, 0.5) is 0 Å². The third-order valence-electron chi connectivity index (χ3n) is 5.18. The van der Waals surface area contributed by atoms with Gasteiger partial charge in [0.1, 0.15) is 5.75 Å². The van der Waals surface area contributed by atoms with Gasteiger partial charge in [0.25, 0.3) is 0 Å². The zero-order valence-corrected chi connectivity index (χ0v) is 15.0. The summed E-state index contributed by atoms with van der Waals surface area (Å²) in [5.74, 6) is 1.49. The highest BCUT2D eigenvalue weighted by atomic mass is 35.5. The first-order valence-corrected chi connectivity index (χ1v) is 8.42. The van der Waals surface area contributed by atoms with Crippen LogP contribution >= 0.6 is 12.4 Å². The Hall–Kier alpha value is -1.30. The fourth-order valence-corrected chi connectivity index (χ4v) is 3.56. The monoisotopic (exact) mass is 354 g/mol. The van der Waals surface area contributed by atoms with Crippen LogP contribution in [0.3, 0.4) is 0 Å². The van der Waals surface area contributed by atoms with E-state index in [-0.39, 0.29) is 18.3 Å². The van der Waals surface area contributed by atoms with E-state index in [0.29, 0.717) is 32.0 Å². The molecule has 6 heteroatoms.